The topological polar surface area (TPSA) is 117 Å². The highest BCUT2D eigenvalue weighted by Crippen LogP contribution is 2.39. The number of hydrogen-bond acceptors (Lipinski definition) is 6. The summed E-state index contributed by atoms with van der Waals surface area (Å²) in [7, 11) is -4.27. The van der Waals surface area contributed by atoms with Crippen LogP contribution >= 0.6 is 11.8 Å². The van der Waals surface area contributed by atoms with Gasteiger partial charge in [-0.25, -0.2) is 8.42 Å². The Hall–Kier alpha value is -3.51. The minimum atomic E-state index is -4.58. The smallest absolute Gasteiger partial charge is 0.416 e. The molecule has 0 atom stereocenters. The van der Waals surface area contributed by atoms with Crippen molar-refractivity contribution in [3.8, 4) is 5.75 Å². The summed E-state index contributed by atoms with van der Waals surface area (Å²) in [5.41, 5.74) is -0.819. The molecule has 0 unspecified atom stereocenters. The van der Waals surface area contributed by atoms with Gasteiger partial charge in [0.15, 0.2) is 5.75 Å². The number of carboxylic acid groups (broad SMARTS) is 1. The van der Waals surface area contributed by atoms with Gasteiger partial charge in [-0.15, -0.1) is 11.8 Å². The Balaban J connectivity index is 1.78. The Morgan fingerprint density at radius 2 is 1.79 bits per heavy atom. The van der Waals surface area contributed by atoms with Gasteiger partial charge in [-0.3, -0.25) is 14.5 Å². The number of nitrogens with one attached hydrogen (secondary N) is 1. The maximum Gasteiger partial charge on any atom is 0.416 e. The fourth-order valence-electron chi connectivity index (χ4n) is 3.31. The molecule has 4 aromatic rings. The number of carbonyl (C=O) groups is 1. The van der Waals surface area contributed by atoms with E-state index in [4.69, 9.17) is 5.11 Å². The van der Waals surface area contributed by atoms with E-state index < -0.39 is 27.7 Å². The first-order chi connectivity index (χ1) is 16.0. The minimum Gasteiger partial charge on any atom is -0.505 e. The second-order valence-corrected chi connectivity index (χ2v) is 9.88. The van der Waals surface area contributed by atoms with Gasteiger partial charge < -0.3 is 10.2 Å². The standard InChI is InChI=1S/C22H15F3N2O5S2/c23-22(24,25)14-5-3-12-4-6-15(9-13(12)8-14)34(31,32)27-17-10-18(33-11-19(28)29)21(30)20-16(17)2-1-7-26-20/h1-10,27,30H,11H2,(H,28,29). The fraction of sp³-hybridized carbons (Fsp3) is 0.0909. The molecule has 1 heterocycles. The highest BCUT2D eigenvalue weighted by atomic mass is 32.2. The second-order valence-electron chi connectivity index (χ2n) is 7.18. The van der Waals surface area contributed by atoms with E-state index in [2.05, 4.69) is 9.71 Å². The lowest BCUT2D eigenvalue weighted by atomic mass is 10.1. The number of aromatic nitrogens is 1. The van der Waals surface area contributed by atoms with Gasteiger partial charge in [0.1, 0.15) is 5.52 Å². The van der Waals surface area contributed by atoms with Gasteiger partial charge in [-0.1, -0.05) is 12.1 Å². The Labute approximate surface area is 195 Å². The lowest BCUT2D eigenvalue weighted by Gasteiger charge is -2.14. The van der Waals surface area contributed by atoms with E-state index in [9.17, 15) is 31.5 Å². The van der Waals surface area contributed by atoms with Crippen LogP contribution in [0, 0.1) is 0 Å². The van der Waals surface area contributed by atoms with Crippen molar-refractivity contribution >= 4 is 55.1 Å². The van der Waals surface area contributed by atoms with Gasteiger partial charge >= 0.3 is 12.1 Å². The molecule has 176 valence electrons. The van der Waals surface area contributed by atoms with Crippen molar-refractivity contribution in [3.05, 3.63) is 66.4 Å². The normalized spacial score (nSPS) is 12.2. The number of carboxylic acids is 1. The zero-order chi connectivity index (χ0) is 24.7. The highest BCUT2D eigenvalue weighted by Gasteiger charge is 2.30. The third-order valence-corrected chi connectivity index (χ3v) is 7.25. The molecule has 7 nitrogen and oxygen atoms in total. The zero-order valence-corrected chi connectivity index (χ0v) is 18.6. The lowest BCUT2D eigenvalue weighted by molar-refractivity contribution is -0.137. The second kappa shape index (κ2) is 8.69. The number of aliphatic carboxylic acids is 1. The first-order valence-corrected chi connectivity index (χ1v) is 12.0. The maximum atomic E-state index is 13.1. The van der Waals surface area contributed by atoms with Crippen molar-refractivity contribution in [3.63, 3.8) is 0 Å². The molecule has 0 aliphatic carbocycles. The van der Waals surface area contributed by atoms with Crippen LogP contribution in [0.3, 0.4) is 0 Å². The summed E-state index contributed by atoms with van der Waals surface area (Å²) < 4.78 is 67.8. The van der Waals surface area contributed by atoms with Crippen molar-refractivity contribution in [2.45, 2.75) is 16.0 Å². The Bertz CT molecular complexity index is 1540. The van der Waals surface area contributed by atoms with Crippen LogP contribution in [0.15, 0.2) is 70.6 Å². The van der Waals surface area contributed by atoms with Gasteiger partial charge in [0.05, 0.1) is 26.8 Å². The van der Waals surface area contributed by atoms with Gasteiger partial charge in [-0.05, 0) is 53.2 Å². The number of rotatable bonds is 6. The van der Waals surface area contributed by atoms with Gasteiger partial charge in [0.2, 0.25) is 0 Å². The molecule has 0 aliphatic heterocycles. The van der Waals surface area contributed by atoms with Crippen LogP contribution in [0.1, 0.15) is 5.56 Å². The van der Waals surface area contributed by atoms with Gasteiger partial charge in [0.25, 0.3) is 10.0 Å². The number of hydrogen-bond donors (Lipinski definition) is 3. The number of phenols is 1. The minimum absolute atomic E-state index is 0.0259. The third-order valence-electron chi connectivity index (χ3n) is 4.88. The number of halogens is 3. The number of sulfonamides is 1. The molecule has 4 rings (SSSR count). The fourth-order valence-corrected chi connectivity index (χ4v) is 5.13. The van der Waals surface area contributed by atoms with Crippen molar-refractivity contribution < 1.29 is 36.6 Å². The Morgan fingerprint density at radius 3 is 2.50 bits per heavy atom. The Kier molecular flexibility index (Phi) is 6.04. The molecule has 34 heavy (non-hydrogen) atoms. The predicted molar refractivity (Wildman–Crippen MR) is 122 cm³/mol. The van der Waals surface area contributed by atoms with E-state index in [1.807, 2.05) is 0 Å². The van der Waals surface area contributed by atoms with Crippen LogP contribution in [-0.4, -0.2) is 35.3 Å². The van der Waals surface area contributed by atoms with Crippen LogP contribution in [-0.2, 0) is 21.0 Å². The summed E-state index contributed by atoms with van der Waals surface area (Å²) in [4.78, 5) is 14.8. The van der Waals surface area contributed by atoms with E-state index in [0.717, 1.165) is 30.0 Å². The molecule has 1 aromatic heterocycles. The molecular weight excluding hydrogens is 493 g/mol. The summed E-state index contributed by atoms with van der Waals surface area (Å²) in [6.07, 6.45) is -3.20. The molecular formula is C22H15F3N2O5S2. The first kappa shape index (κ1) is 23.6. The molecule has 0 amide bonds. The van der Waals surface area contributed by atoms with Crippen LogP contribution in [0.25, 0.3) is 21.7 Å². The van der Waals surface area contributed by atoms with Crippen molar-refractivity contribution in [1.29, 1.82) is 0 Å². The van der Waals surface area contributed by atoms with Crippen LogP contribution in [0.2, 0.25) is 0 Å². The molecule has 0 saturated carbocycles. The predicted octanol–water partition coefficient (Wildman–Crippen LogP) is 5.09. The number of phenolic OH excluding ortho intramolecular Hbond substituents is 1. The summed E-state index contributed by atoms with van der Waals surface area (Å²) >= 11 is 0.781. The summed E-state index contributed by atoms with van der Waals surface area (Å²) in [6.45, 7) is 0. The number of thioether (sulfide) groups is 1. The van der Waals surface area contributed by atoms with Crippen LogP contribution in [0.4, 0.5) is 18.9 Å². The van der Waals surface area contributed by atoms with Crippen molar-refractivity contribution in [2.24, 2.45) is 0 Å². The monoisotopic (exact) mass is 508 g/mol. The van der Waals surface area contributed by atoms with Crippen LogP contribution in [0.5, 0.6) is 5.75 Å². The van der Waals surface area contributed by atoms with E-state index in [1.165, 1.54) is 42.6 Å². The Morgan fingerprint density at radius 1 is 1.06 bits per heavy atom. The molecule has 12 heteroatoms. The quantitative estimate of drug-likeness (QED) is 0.245. The number of anilines is 1. The number of benzene rings is 3. The SMILES string of the molecule is O=C(O)CSc1cc(NS(=O)(=O)c2ccc3ccc(C(F)(F)F)cc3c2)c2cccnc2c1O. The van der Waals surface area contributed by atoms with Gasteiger partial charge in [0, 0.05) is 11.6 Å². The first-order valence-electron chi connectivity index (χ1n) is 9.55. The zero-order valence-electron chi connectivity index (χ0n) is 17.0. The van der Waals surface area contributed by atoms with Crippen molar-refractivity contribution in [1.82, 2.24) is 4.98 Å². The summed E-state index contributed by atoms with van der Waals surface area (Å²) in [5.74, 6) is -1.82. The molecule has 3 N–H and O–H groups in total. The van der Waals surface area contributed by atoms with E-state index >= 15 is 0 Å². The molecule has 0 radical (unpaired) electrons. The molecule has 0 saturated heterocycles. The number of nitrogens with zero attached hydrogens (tertiary/aromatic N) is 1. The van der Waals surface area contributed by atoms with Crippen molar-refractivity contribution in [2.75, 3.05) is 10.5 Å². The molecule has 3 aromatic carbocycles. The van der Waals surface area contributed by atoms with E-state index in [0.29, 0.717) is 5.39 Å². The van der Waals surface area contributed by atoms with Gasteiger partial charge in [-0.2, -0.15) is 13.2 Å². The average molecular weight is 508 g/mol. The van der Waals surface area contributed by atoms with E-state index in [-0.39, 0.29) is 43.3 Å². The molecule has 0 spiro atoms. The van der Waals surface area contributed by atoms with E-state index in [1.54, 1.807) is 0 Å². The summed E-state index contributed by atoms with van der Waals surface area (Å²) in [5, 5.41) is 20.2. The highest BCUT2D eigenvalue weighted by molar-refractivity contribution is 8.00. The number of pyridine rings is 1. The van der Waals surface area contributed by atoms with Crippen LogP contribution < -0.4 is 4.72 Å². The lowest BCUT2D eigenvalue weighted by Crippen LogP contribution is -2.13. The number of fused-ring (bicyclic) bond motifs is 2. The largest absolute Gasteiger partial charge is 0.505 e. The number of alkyl halides is 3. The number of aromatic hydroxyl groups is 1. The third kappa shape index (κ3) is 4.73. The summed E-state index contributed by atoms with van der Waals surface area (Å²) in [6, 6.07) is 11.2. The average Bonchev–Trinajstić information content (AvgIpc) is 2.78. The molecule has 0 bridgehead atoms. The maximum absolute atomic E-state index is 13.1. The molecule has 0 aliphatic rings. The molecule has 0 fully saturated rings.